The fourth-order valence-electron chi connectivity index (χ4n) is 1.79. The molecule has 2 aromatic carbocycles. The first-order valence-electron chi connectivity index (χ1n) is 6.27. The van der Waals surface area contributed by atoms with Gasteiger partial charge < -0.3 is 5.32 Å². The molecule has 0 aliphatic carbocycles. The number of aryl methyl sites for hydroxylation is 1. The number of carbonyl (C=O) groups excluding carboxylic acids is 1. The van der Waals surface area contributed by atoms with E-state index in [1.165, 1.54) is 0 Å². The van der Waals surface area contributed by atoms with Gasteiger partial charge in [0.25, 0.3) is 0 Å². The average Bonchev–Trinajstić information content (AvgIpc) is 2.49. The highest BCUT2D eigenvalue weighted by Crippen LogP contribution is 2.16. The van der Waals surface area contributed by atoms with Gasteiger partial charge in [-0.3, -0.25) is 4.79 Å². The summed E-state index contributed by atoms with van der Waals surface area (Å²) in [5.41, 5.74) is 10.7. The molecule has 1 N–H and O–H groups in total. The lowest BCUT2D eigenvalue weighted by Crippen LogP contribution is -2.12. The molecule has 2 rings (SSSR count). The van der Waals surface area contributed by atoms with Crippen LogP contribution in [0.3, 0.4) is 0 Å². The third kappa shape index (κ3) is 4.15. The topological polar surface area (TPSA) is 77.9 Å². The highest BCUT2D eigenvalue weighted by atomic mass is 16.1. The number of hydrogen-bond donors (Lipinski definition) is 1. The van der Waals surface area contributed by atoms with Crippen LogP contribution in [0.1, 0.15) is 12.0 Å². The molecule has 0 heterocycles. The maximum absolute atomic E-state index is 11.8. The highest BCUT2D eigenvalue weighted by molar-refractivity contribution is 5.90. The van der Waals surface area contributed by atoms with Crippen LogP contribution in [0, 0.1) is 0 Å². The molecule has 0 spiro atoms. The van der Waals surface area contributed by atoms with E-state index in [2.05, 4.69) is 15.3 Å². The first kappa shape index (κ1) is 13.6. The maximum Gasteiger partial charge on any atom is 0.224 e. The standard InChI is InChI=1S/C15H14N4O/c16-19-18-14-9-7-13(8-10-14)17-15(20)11-6-12-4-2-1-3-5-12/h1-5,7-10H,6,11H2,(H,17,20). The van der Waals surface area contributed by atoms with Crippen LogP contribution in [-0.4, -0.2) is 5.91 Å². The van der Waals surface area contributed by atoms with E-state index in [4.69, 9.17) is 5.53 Å². The number of anilines is 1. The predicted molar refractivity (Wildman–Crippen MR) is 78.6 cm³/mol. The molecule has 0 radical (unpaired) electrons. The molecule has 2 aromatic rings. The molecule has 5 nitrogen and oxygen atoms in total. The summed E-state index contributed by atoms with van der Waals surface area (Å²) >= 11 is 0. The molecule has 1 amide bonds. The molecule has 0 unspecified atom stereocenters. The molecular weight excluding hydrogens is 252 g/mol. The smallest absolute Gasteiger partial charge is 0.224 e. The highest BCUT2D eigenvalue weighted by Gasteiger charge is 2.03. The van der Waals surface area contributed by atoms with Crippen molar-refractivity contribution in [1.82, 2.24) is 0 Å². The van der Waals surface area contributed by atoms with Gasteiger partial charge in [0, 0.05) is 22.7 Å². The Kier molecular flexibility index (Phi) is 4.76. The van der Waals surface area contributed by atoms with Crippen molar-refractivity contribution in [1.29, 1.82) is 0 Å². The van der Waals surface area contributed by atoms with Crippen LogP contribution in [0.15, 0.2) is 59.7 Å². The molecule has 20 heavy (non-hydrogen) atoms. The first-order valence-corrected chi connectivity index (χ1v) is 6.27. The van der Waals surface area contributed by atoms with Crippen LogP contribution in [0.2, 0.25) is 0 Å². The van der Waals surface area contributed by atoms with Crippen molar-refractivity contribution in [2.75, 3.05) is 5.32 Å². The Morgan fingerprint density at radius 2 is 1.80 bits per heavy atom. The molecule has 0 aliphatic heterocycles. The number of carbonyl (C=O) groups is 1. The van der Waals surface area contributed by atoms with Gasteiger partial charge in [-0.05, 0) is 29.6 Å². The number of nitrogens with zero attached hydrogens (tertiary/aromatic N) is 3. The molecule has 0 bridgehead atoms. The number of hydrogen-bond acceptors (Lipinski definition) is 2. The predicted octanol–water partition coefficient (Wildman–Crippen LogP) is 4.20. The van der Waals surface area contributed by atoms with Crippen molar-refractivity contribution >= 4 is 17.3 Å². The molecule has 0 atom stereocenters. The fraction of sp³-hybridized carbons (Fsp3) is 0.133. The average molecular weight is 266 g/mol. The second-order valence-corrected chi connectivity index (χ2v) is 4.27. The zero-order valence-electron chi connectivity index (χ0n) is 10.9. The van der Waals surface area contributed by atoms with Crippen molar-refractivity contribution in [3.63, 3.8) is 0 Å². The van der Waals surface area contributed by atoms with Gasteiger partial charge in [-0.1, -0.05) is 47.6 Å². The second-order valence-electron chi connectivity index (χ2n) is 4.27. The molecule has 0 saturated heterocycles. The Morgan fingerprint density at radius 1 is 1.10 bits per heavy atom. The van der Waals surface area contributed by atoms with Gasteiger partial charge in [-0.2, -0.15) is 0 Å². The van der Waals surface area contributed by atoms with Crippen LogP contribution >= 0.6 is 0 Å². The van der Waals surface area contributed by atoms with E-state index in [1.54, 1.807) is 24.3 Å². The lowest BCUT2D eigenvalue weighted by atomic mass is 10.1. The van der Waals surface area contributed by atoms with Crippen molar-refractivity contribution in [3.05, 3.63) is 70.6 Å². The zero-order valence-corrected chi connectivity index (χ0v) is 10.9. The zero-order chi connectivity index (χ0) is 14.2. The van der Waals surface area contributed by atoms with Crippen molar-refractivity contribution < 1.29 is 4.79 Å². The monoisotopic (exact) mass is 266 g/mol. The van der Waals surface area contributed by atoms with Crippen molar-refractivity contribution in [3.8, 4) is 0 Å². The van der Waals surface area contributed by atoms with Crippen molar-refractivity contribution in [2.45, 2.75) is 12.8 Å². The van der Waals surface area contributed by atoms with E-state index in [0.717, 1.165) is 5.56 Å². The van der Waals surface area contributed by atoms with Gasteiger partial charge >= 0.3 is 0 Å². The summed E-state index contributed by atoms with van der Waals surface area (Å²) < 4.78 is 0. The lowest BCUT2D eigenvalue weighted by molar-refractivity contribution is -0.116. The normalized spacial score (nSPS) is 9.60. The molecule has 0 saturated carbocycles. The molecule has 0 fully saturated rings. The Morgan fingerprint density at radius 3 is 2.45 bits per heavy atom. The van der Waals surface area contributed by atoms with E-state index in [-0.39, 0.29) is 5.91 Å². The minimum atomic E-state index is -0.0367. The Hall–Kier alpha value is -2.78. The van der Waals surface area contributed by atoms with Crippen LogP contribution in [-0.2, 0) is 11.2 Å². The summed E-state index contributed by atoms with van der Waals surface area (Å²) in [7, 11) is 0. The largest absolute Gasteiger partial charge is 0.326 e. The molecule has 100 valence electrons. The first-order chi connectivity index (χ1) is 9.78. The van der Waals surface area contributed by atoms with Crippen LogP contribution in [0.25, 0.3) is 10.4 Å². The van der Waals surface area contributed by atoms with Gasteiger partial charge in [0.05, 0.1) is 0 Å². The van der Waals surface area contributed by atoms with E-state index < -0.39 is 0 Å². The van der Waals surface area contributed by atoms with E-state index in [9.17, 15) is 4.79 Å². The third-order valence-electron chi connectivity index (χ3n) is 2.79. The third-order valence-corrected chi connectivity index (χ3v) is 2.79. The molecule has 0 aromatic heterocycles. The number of nitrogens with one attached hydrogen (secondary N) is 1. The van der Waals surface area contributed by atoms with Gasteiger partial charge in [0.1, 0.15) is 0 Å². The summed E-state index contributed by atoms with van der Waals surface area (Å²) in [6.45, 7) is 0. The minimum Gasteiger partial charge on any atom is -0.326 e. The summed E-state index contributed by atoms with van der Waals surface area (Å²) in [5.74, 6) is -0.0367. The van der Waals surface area contributed by atoms with Gasteiger partial charge in [0.2, 0.25) is 5.91 Å². The lowest BCUT2D eigenvalue weighted by Gasteiger charge is -2.05. The summed E-state index contributed by atoms with van der Waals surface area (Å²) in [5, 5.41) is 6.28. The van der Waals surface area contributed by atoms with E-state index >= 15 is 0 Å². The number of benzene rings is 2. The van der Waals surface area contributed by atoms with Crippen molar-refractivity contribution in [2.24, 2.45) is 5.11 Å². The number of rotatable bonds is 5. The van der Waals surface area contributed by atoms with Crippen LogP contribution < -0.4 is 5.32 Å². The maximum atomic E-state index is 11.8. The fourth-order valence-corrected chi connectivity index (χ4v) is 1.79. The Labute approximate surface area is 116 Å². The summed E-state index contributed by atoms with van der Waals surface area (Å²) in [6, 6.07) is 16.6. The van der Waals surface area contributed by atoms with Crippen LogP contribution in [0.4, 0.5) is 11.4 Å². The molecule has 0 aliphatic rings. The van der Waals surface area contributed by atoms with Crippen LogP contribution in [0.5, 0.6) is 0 Å². The molecular formula is C15H14N4O. The Balaban J connectivity index is 1.86. The molecule has 5 heteroatoms. The minimum absolute atomic E-state index is 0.0367. The SMILES string of the molecule is [N-]=[N+]=Nc1ccc(NC(=O)CCc2ccccc2)cc1. The summed E-state index contributed by atoms with van der Waals surface area (Å²) in [6.07, 6.45) is 1.14. The van der Waals surface area contributed by atoms with E-state index in [0.29, 0.717) is 24.2 Å². The van der Waals surface area contributed by atoms with Gasteiger partial charge in [-0.25, -0.2) is 0 Å². The van der Waals surface area contributed by atoms with E-state index in [1.807, 2.05) is 30.3 Å². The quantitative estimate of drug-likeness (QED) is 0.491. The van der Waals surface area contributed by atoms with Gasteiger partial charge in [0.15, 0.2) is 0 Å². The number of azide groups is 1. The Bertz CT molecular complexity index is 616. The van der Waals surface area contributed by atoms with Gasteiger partial charge in [-0.15, -0.1) is 0 Å². The summed E-state index contributed by atoms with van der Waals surface area (Å²) in [4.78, 5) is 14.5. The second kappa shape index (κ2) is 6.97. The number of amides is 1.